The maximum absolute atomic E-state index is 13.0. The molecule has 0 atom stereocenters. The van der Waals surface area contributed by atoms with E-state index in [1.807, 2.05) is 31.3 Å². The summed E-state index contributed by atoms with van der Waals surface area (Å²) in [6, 6.07) is 13.8. The zero-order chi connectivity index (χ0) is 19.4. The normalized spacial score (nSPS) is 10.9. The van der Waals surface area contributed by atoms with Gasteiger partial charge in [-0.3, -0.25) is 4.79 Å². The summed E-state index contributed by atoms with van der Waals surface area (Å²) in [5.74, 6) is -0.147. The number of carbonyl (C=O) groups excluding carboxylic acids is 1. The van der Waals surface area contributed by atoms with Crippen molar-refractivity contribution in [3.63, 3.8) is 0 Å². The van der Waals surface area contributed by atoms with Crippen molar-refractivity contribution >= 4 is 17.3 Å². The molecular formula is C21H22FN3O2. The molecule has 0 aliphatic carbocycles. The molecule has 6 heteroatoms. The number of anilines is 2. The van der Waals surface area contributed by atoms with Gasteiger partial charge < -0.3 is 14.6 Å². The summed E-state index contributed by atoms with van der Waals surface area (Å²) in [5.41, 5.74) is 2.88. The fraction of sp³-hybridized carbons (Fsp3) is 0.238. The Kier molecular flexibility index (Phi) is 5.54. The van der Waals surface area contributed by atoms with Crippen molar-refractivity contribution in [1.29, 1.82) is 0 Å². The highest BCUT2D eigenvalue weighted by Gasteiger charge is 2.14. The smallest absolute Gasteiger partial charge is 0.230 e. The van der Waals surface area contributed by atoms with E-state index in [2.05, 4.69) is 29.0 Å². The Bertz CT molecular complexity index is 919. The third-order valence-corrected chi connectivity index (χ3v) is 4.32. The second-order valence-corrected chi connectivity index (χ2v) is 6.60. The summed E-state index contributed by atoms with van der Waals surface area (Å²) in [4.78, 5) is 18.9. The van der Waals surface area contributed by atoms with E-state index in [4.69, 9.17) is 4.42 Å². The van der Waals surface area contributed by atoms with Crippen LogP contribution in [0.5, 0.6) is 0 Å². The van der Waals surface area contributed by atoms with Crippen molar-refractivity contribution in [1.82, 2.24) is 4.98 Å². The van der Waals surface area contributed by atoms with E-state index in [-0.39, 0.29) is 18.1 Å². The standard InChI is InChI=1S/C21H22FN3O2/c1-14(2)25(3)19-7-5-4-6-18(19)24-20(26)12-17-13-27-21(23-17)15-8-10-16(22)11-9-15/h4-11,13-14H,12H2,1-3H3,(H,24,26). The molecule has 1 aromatic heterocycles. The Labute approximate surface area is 157 Å². The lowest BCUT2D eigenvalue weighted by Crippen LogP contribution is -2.27. The van der Waals surface area contributed by atoms with E-state index >= 15 is 0 Å². The molecule has 27 heavy (non-hydrogen) atoms. The molecule has 3 aromatic rings. The van der Waals surface area contributed by atoms with Crippen LogP contribution in [0.15, 0.2) is 59.2 Å². The Morgan fingerprint density at radius 2 is 1.89 bits per heavy atom. The number of benzene rings is 2. The maximum Gasteiger partial charge on any atom is 0.230 e. The molecule has 1 N–H and O–H groups in total. The average molecular weight is 367 g/mol. The number of aromatic nitrogens is 1. The molecule has 1 amide bonds. The molecule has 0 saturated heterocycles. The minimum atomic E-state index is -0.324. The van der Waals surface area contributed by atoms with Gasteiger partial charge in [0.05, 0.1) is 23.5 Å². The van der Waals surface area contributed by atoms with Gasteiger partial charge in [-0.05, 0) is 50.2 Å². The first kappa shape index (κ1) is 18.6. The summed E-state index contributed by atoms with van der Waals surface area (Å²) in [6.07, 6.45) is 1.54. The number of oxazole rings is 1. The number of rotatable bonds is 6. The van der Waals surface area contributed by atoms with Crippen molar-refractivity contribution < 1.29 is 13.6 Å². The Morgan fingerprint density at radius 1 is 1.19 bits per heavy atom. The van der Waals surface area contributed by atoms with Crippen LogP contribution in [0.1, 0.15) is 19.5 Å². The van der Waals surface area contributed by atoms with Crippen LogP contribution in [0.3, 0.4) is 0 Å². The van der Waals surface area contributed by atoms with Crippen molar-refractivity contribution in [2.75, 3.05) is 17.3 Å². The highest BCUT2D eigenvalue weighted by Crippen LogP contribution is 2.26. The molecule has 0 aliphatic heterocycles. The lowest BCUT2D eigenvalue weighted by Gasteiger charge is -2.26. The van der Waals surface area contributed by atoms with Gasteiger partial charge in [0.25, 0.3) is 0 Å². The first-order valence-corrected chi connectivity index (χ1v) is 8.76. The molecule has 0 bridgehead atoms. The van der Waals surface area contributed by atoms with Crippen LogP contribution in [0, 0.1) is 5.82 Å². The molecule has 0 spiro atoms. The van der Waals surface area contributed by atoms with Gasteiger partial charge in [-0.25, -0.2) is 9.37 Å². The van der Waals surface area contributed by atoms with E-state index in [0.717, 1.165) is 11.4 Å². The van der Waals surface area contributed by atoms with Gasteiger partial charge in [-0.2, -0.15) is 0 Å². The molecule has 3 rings (SSSR count). The van der Waals surface area contributed by atoms with E-state index in [1.165, 1.54) is 18.4 Å². The quantitative estimate of drug-likeness (QED) is 0.697. The second kappa shape index (κ2) is 8.03. The molecule has 0 unspecified atom stereocenters. The van der Waals surface area contributed by atoms with Crippen molar-refractivity contribution in [3.8, 4) is 11.5 Å². The van der Waals surface area contributed by atoms with Gasteiger partial charge in [-0.1, -0.05) is 12.1 Å². The molecule has 0 radical (unpaired) electrons. The van der Waals surface area contributed by atoms with Crippen LogP contribution >= 0.6 is 0 Å². The lowest BCUT2D eigenvalue weighted by molar-refractivity contribution is -0.115. The van der Waals surface area contributed by atoms with Gasteiger partial charge in [-0.15, -0.1) is 0 Å². The lowest BCUT2D eigenvalue weighted by atomic mass is 10.2. The van der Waals surface area contributed by atoms with Gasteiger partial charge in [0, 0.05) is 18.7 Å². The SMILES string of the molecule is CC(C)N(C)c1ccccc1NC(=O)Cc1coc(-c2ccc(F)cc2)n1. The number of amides is 1. The van der Waals surface area contributed by atoms with Crippen molar-refractivity contribution in [2.24, 2.45) is 0 Å². The van der Waals surface area contributed by atoms with Crippen LogP contribution in [-0.4, -0.2) is 24.0 Å². The van der Waals surface area contributed by atoms with Crippen LogP contribution in [0.2, 0.25) is 0 Å². The number of hydrogen-bond donors (Lipinski definition) is 1. The van der Waals surface area contributed by atoms with E-state index in [1.54, 1.807) is 12.1 Å². The Morgan fingerprint density at radius 3 is 2.59 bits per heavy atom. The van der Waals surface area contributed by atoms with E-state index in [0.29, 0.717) is 23.2 Å². The predicted octanol–water partition coefficient (Wildman–Crippen LogP) is 4.51. The molecule has 2 aromatic carbocycles. The zero-order valence-corrected chi connectivity index (χ0v) is 15.6. The number of halogens is 1. The number of nitrogens with zero attached hydrogens (tertiary/aromatic N) is 2. The fourth-order valence-corrected chi connectivity index (χ4v) is 2.64. The van der Waals surface area contributed by atoms with Gasteiger partial charge >= 0.3 is 0 Å². The highest BCUT2D eigenvalue weighted by atomic mass is 19.1. The fourth-order valence-electron chi connectivity index (χ4n) is 2.64. The number of para-hydroxylation sites is 2. The largest absolute Gasteiger partial charge is 0.444 e. The van der Waals surface area contributed by atoms with Crippen LogP contribution < -0.4 is 10.2 Å². The van der Waals surface area contributed by atoms with Crippen LogP contribution in [-0.2, 0) is 11.2 Å². The third kappa shape index (κ3) is 4.53. The average Bonchev–Trinajstić information content (AvgIpc) is 3.10. The molecule has 0 saturated carbocycles. The topological polar surface area (TPSA) is 58.4 Å². The predicted molar refractivity (Wildman–Crippen MR) is 104 cm³/mol. The van der Waals surface area contributed by atoms with Gasteiger partial charge in [0.1, 0.15) is 12.1 Å². The van der Waals surface area contributed by atoms with Gasteiger partial charge in [0.15, 0.2) is 0 Å². The van der Waals surface area contributed by atoms with E-state index in [9.17, 15) is 9.18 Å². The minimum absolute atomic E-state index is 0.0877. The first-order chi connectivity index (χ1) is 12.9. The highest BCUT2D eigenvalue weighted by molar-refractivity contribution is 5.95. The molecule has 0 aliphatic rings. The second-order valence-electron chi connectivity index (χ2n) is 6.60. The van der Waals surface area contributed by atoms with Crippen molar-refractivity contribution in [2.45, 2.75) is 26.3 Å². The van der Waals surface area contributed by atoms with Crippen LogP contribution in [0.4, 0.5) is 15.8 Å². The summed E-state index contributed by atoms with van der Waals surface area (Å²) in [7, 11) is 1.99. The first-order valence-electron chi connectivity index (χ1n) is 8.76. The summed E-state index contributed by atoms with van der Waals surface area (Å²) in [6.45, 7) is 4.18. The molecular weight excluding hydrogens is 345 g/mol. The minimum Gasteiger partial charge on any atom is -0.444 e. The Hall–Kier alpha value is -3.15. The number of carbonyl (C=O) groups is 1. The molecule has 0 fully saturated rings. The monoisotopic (exact) mass is 367 g/mol. The summed E-state index contributed by atoms with van der Waals surface area (Å²) in [5, 5.41) is 2.94. The number of nitrogens with one attached hydrogen (secondary N) is 1. The molecule has 140 valence electrons. The summed E-state index contributed by atoms with van der Waals surface area (Å²) < 4.78 is 18.4. The Balaban J connectivity index is 1.70. The van der Waals surface area contributed by atoms with Crippen molar-refractivity contribution in [3.05, 3.63) is 66.3 Å². The van der Waals surface area contributed by atoms with Gasteiger partial charge in [0.2, 0.25) is 11.8 Å². The number of hydrogen-bond acceptors (Lipinski definition) is 4. The zero-order valence-electron chi connectivity index (χ0n) is 15.6. The van der Waals surface area contributed by atoms with E-state index < -0.39 is 0 Å². The third-order valence-electron chi connectivity index (χ3n) is 4.32. The summed E-state index contributed by atoms with van der Waals surface area (Å²) >= 11 is 0. The maximum atomic E-state index is 13.0. The molecule has 5 nitrogen and oxygen atoms in total. The molecule has 1 heterocycles. The van der Waals surface area contributed by atoms with Crippen LogP contribution in [0.25, 0.3) is 11.5 Å².